The lowest BCUT2D eigenvalue weighted by Gasteiger charge is -2.20. The van der Waals surface area contributed by atoms with E-state index in [0.717, 1.165) is 16.8 Å². The zero-order valence-corrected chi connectivity index (χ0v) is 12.7. The van der Waals surface area contributed by atoms with E-state index < -0.39 is 0 Å². The van der Waals surface area contributed by atoms with Gasteiger partial charge in [0.15, 0.2) is 0 Å². The van der Waals surface area contributed by atoms with Crippen LogP contribution in [0.15, 0.2) is 24.7 Å². The van der Waals surface area contributed by atoms with Crippen LogP contribution in [0.1, 0.15) is 22.9 Å². The summed E-state index contributed by atoms with van der Waals surface area (Å²) in [5, 5.41) is 8.28. The highest BCUT2D eigenvalue weighted by Crippen LogP contribution is 2.29. The summed E-state index contributed by atoms with van der Waals surface area (Å²) in [5.41, 5.74) is 3.20. The number of halogens is 1. The van der Waals surface area contributed by atoms with Crippen molar-refractivity contribution in [1.82, 2.24) is 20.1 Å². The largest absolute Gasteiger partial charge is 0.383 e. The maximum absolute atomic E-state index is 6.32. The number of rotatable bonds is 6. The zero-order valence-electron chi connectivity index (χ0n) is 11.9. The molecule has 2 heterocycles. The molecule has 6 heteroatoms. The average Bonchev–Trinajstić information content (AvgIpc) is 2.81. The highest BCUT2D eigenvalue weighted by molar-refractivity contribution is 6.31. The lowest BCUT2D eigenvalue weighted by Crippen LogP contribution is -2.23. The van der Waals surface area contributed by atoms with Crippen molar-refractivity contribution in [3.8, 4) is 0 Å². The van der Waals surface area contributed by atoms with Gasteiger partial charge in [0.05, 0.1) is 36.1 Å². The lowest BCUT2D eigenvalue weighted by atomic mass is 10.0. The van der Waals surface area contributed by atoms with Crippen molar-refractivity contribution in [3.05, 3.63) is 46.5 Å². The van der Waals surface area contributed by atoms with Gasteiger partial charge in [-0.3, -0.25) is 9.67 Å². The molecule has 1 N–H and O–H groups in total. The van der Waals surface area contributed by atoms with Crippen LogP contribution in [0.25, 0.3) is 0 Å². The number of hydrogen-bond donors (Lipinski definition) is 1. The van der Waals surface area contributed by atoms with Gasteiger partial charge in [-0.15, -0.1) is 0 Å². The predicted molar refractivity (Wildman–Crippen MR) is 79.0 cm³/mol. The van der Waals surface area contributed by atoms with Crippen LogP contribution in [0.3, 0.4) is 0 Å². The number of hydrogen-bond acceptors (Lipinski definition) is 4. The van der Waals surface area contributed by atoms with E-state index in [1.165, 1.54) is 0 Å². The smallest absolute Gasteiger partial charge is 0.0837 e. The Morgan fingerprint density at radius 3 is 2.90 bits per heavy atom. The molecule has 0 aromatic carbocycles. The molecule has 108 valence electrons. The number of pyridine rings is 1. The summed E-state index contributed by atoms with van der Waals surface area (Å²) in [6, 6.07) is 1.98. The van der Waals surface area contributed by atoms with Crippen molar-refractivity contribution >= 4 is 11.6 Å². The van der Waals surface area contributed by atoms with Gasteiger partial charge in [-0.25, -0.2) is 0 Å². The molecule has 1 atom stereocenters. The molecular weight excluding hydrogens is 276 g/mol. The molecule has 2 aromatic heterocycles. The Labute approximate surface area is 123 Å². The Bertz CT molecular complexity index is 570. The Morgan fingerprint density at radius 2 is 2.25 bits per heavy atom. The molecule has 2 rings (SSSR count). The molecule has 0 fully saturated rings. The van der Waals surface area contributed by atoms with Crippen molar-refractivity contribution in [2.75, 3.05) is 20.8 Å². The predicted octanol–water partition coefficient (Wildman–Crippen LogP) is 2.20. The molecule has 0 aliphatic carbocycles. The van der Waals surface area contributed by atoms with Crippen LogP contribution in [0.4, 0.5) is 0 Å². The molecule has 0 radical (unpaired) electrons. The first-order chi connectivity index (χ1) is 9.69. The lowest BCUT2D eigenvalue weighted by molar-refractivity contribution is 0.182. The van der Waals surface area contributed by atoms with Gasteiger partial charge in [0.25, 0.3) is 0 Å². The van der Waals surface area contributed by atoms with E-state index in [4.69, 9.17) is 16.3 Å². The van der Waals surface area contributed by atoms with Crippen molar-refractivity contribution in [3.63, 3.8) is 0 Å². The minimum absolute atomic E-state index is 0.0233. The van der Waals surface area contributed by atoms with E-state index in [-0.39, 0.29) is 6.04 Å². The molecule has 20 heavy (non-hydrogen) atoms. The molecule has 1 unspecified atom stereocenters. The van der Waals surface area contributed by atoms with Gasteiger partial charge in [0.1, 0.15) is 0 Å². The second-order valence-corrected chi connectivity index (χ2v) is 4.95. The normalized spacial score (nSPS) is 12.6. The maximum Gasteiger partial charge on any atom is 0.0837 e. The van der Waals surface area contributed by atoms with Crippen LogP contribution >= 0.6 is 11.6 Å². The van der Waals surface area contributed by atoms with Crippen molar-refractivity contribution in [2.45, 2.75) is 19.5 Å². The molecular formula is C14H19ClN4O. The van der Waals surface area contributed by atoms with E-state index in [2.05, 4.69) is 15.4 Å². The highest BCUT2D eigenvalue weighted by atomic mass is 35.5. The third-order valence-corrected chi connectivity index (χ3v) is 3.57. The molecule has 0 saturated heterocycles. The molecule has 0 amide bonds. The second-order valence-electron chi connectivity index (χ2n) is 4.55. The first-order valence-electron chi connectivity index (χ1n) is 6.47. The Kier molecular flexibility index (Phi) is 5.11. The van der Waals surface area contributed by atoms with E-state index in [9.17, 15) is 0 Å². The summed E-state index contributed by atoms with van der Waals surface area (Å²) < 4.78 is 7.00. The SMILES string of the molecule is CNC(c1ccncc1C)c1c(Cl)cnn1CCOC. The fourth-order valence-electron chi connectivity index (χ4n) is 2.26. The van der Waals surface area contributed by atoms with Gasteiger partial charge in [-0.05, 0) is 31.2 Å². The number of aryl methyl sites for hydroxylation is 1. The van der Waals surface area contributed by atoms with Gasteiger partial charge in [0, 0.05) is 19.5 Å². The van der Waals surface area contributed by atoms with Crippen LogP contribution < -0.4 is 5.32 Å². The monoisotopic (exact) mass is 294 g/mol. The van der Waals surface area contributed by atoms with Crippen molar-refractivity contribution in [1.29, 1.82) is 0 Å². The Balaban J connectivity index is 2.42. The minimum atomic E-state index is -0.0233. The van der Waals surface area contributed by atoms with Crippen LogP contribution in [0.2, 0.25) is 5.02 Å². The average molecular weight is 295 g/mol. The summed E-state index contributed by atoms with van der Waals surface area (Å²) in [5.74, 6) is 0. The van der Waals surface area contributed by atoms with E-state index in [1.807, 2.05) is 30.9 Å². The Morgan fingerprint density at radius 1 is 1.45 bits per heavy atom. The molecule has 0 saturated carbocycles. The molecule has 0 spiro atoms. The summed E-state index contributed by atoms with van der Waals surface area (Å²) in [7, 11) is 3.59. The molecule has 2 aromatic rings. The number of methoxy groups -OCH3 is 1. The van der Waals surface area contributed by atoms with Gasteiger partial charge in [0.2, 0.25) is 0 Å². The molecule has 0 aliphatic rings. The van der Waals surface area contributed by atoms with Crippen LogP contribution in [-0.2, 0) is 11.3 Å². The first-order valence-corrected chi connectivity index (χ1v) is 6.84. The summed E-state index contributed by atoms with van der Waals surface area (Å²) in [6.45, 7) is 3.30. The standard InChI is InChI=1S/C14H19ClN4O/c1-10-8-17-5-4-11(10)13(16-2)14-12(15)9-18-19(14)6-7-20-3/h4-5,8-9,13,16H,6-7H2,1-3H3. The third-order valence-electron chi connectivity index (χ3n) is 3.28. The number of ether oxygens (including phenoxy) is 1. The second kappa shape index (κ2) is 6.83. The maximum atomic E-state index is 6.32. The van der Waals surface area contributed by atoms with E-state index in [1.54, 1.807) is 19.5 Å². The van der Waals surface area contributed by atoms with Crippen LogP contribution in [0.5, 0.6) is 0 Å². The topological polar surface area (TPSA) is 52.0 Å². The summed E-state index contributed by atoms with van der Waals surface area (Å²) in [6.07, 6.45) is 5.31. The van der Waals surface area contributed by atoms with Crippen molar-refractivity contribution < 1.29 is 4.74 Å². The Hall–Kier alpha value is -1.43. The fraction of sp³-hybridized carbons (Fsp3) is 0.429. The minimum Gasteiger partial charge on any atom is -0.383 e. The molecule has 5 nitrogen and oxygen atoms in total. The van der Waals surface area contributed by atoms with E-state index in [0.29, 0.717) is 18.2 Å². The third kappa shape index (κ3) is 3.00. The quantitative estimate of drug-likeness (QED) is 0.887. The van der Waals surface area contributed by atoms with Crippen molar-refractivity contribution in [2.24, 2.45) is 0 Å². The van der Waals surface area contributed by atoms with E-state index >= 15 is 0 Å². The summed E-state index contributed by atoms with van der Waals surface area (Å²) in [4.78, 5) is 4.13. The van der Waals surface area contributed by atoms with Gasteiger partial charge < -0.3 is 10.1 Å². The van der Waals surface area contributed by atoms with Gasteiger partial charge >= 0.3 is 0 Å². The van der Waals surface area contributed by atoms with Crippen LogP contribution in [0, 0.1) is 6.92 Å². The molecule has 0 aliphatic heterocycles. The van der Waals surface area contributed by atoms with Gasteiger partial charge in [-0.1, -0.05) is 11.6 Å². The number of aromatic nitrogens is 3. The number of nitrogens with one attached hydrogen (secondary N) is 1. The molecule has 0 bridgehead atoms. The van der Waals surface area contributed by atoms with Crippen LogP contribution in [-0.4, -0.2) is 35.5 Å². The first kappa shape index (κ1) is 15.0. The highest BCUT2D eigenvalue weighted by Gasteiger charge is 2.22. The van der Waals surface area contributed by atoms with Gasteiger partial charge in [-0.2, -0.15) is 5.10 Å². The summed E-state index contributed by atoms with van der Waals surface area (Å²) >= 11 is 6.32. The fourth-order valence-corrected chi connectivity index (χ4v) is 2.51. The zero-order chi connectivity index (χ0) is 14.5. The number of nitrogens with zero attached hydrogens (tertiary/aromatic N) is 3.